The molecule has 1 aromatic heterocycles. The summed E-state index contributed by atoms with van der Waals surface area (Å²) in [6.45, 7) is 5.81. The maximum Gasteiger partial charge on any atom is 0.291 e. The maximum absolute atomic E-state index is 12.1. The van der Waals surface area contributed by atoms with E-state index in [0.717, 1.165) is 36.3 Å². The van der Waals surface area contributed by atoms with Crippen molar-refractivity contribution in [3.8, 4) is 0 Å². The molecule has 1 unspecified atom stereocenters. The molecule has 1 aromatic carbocycles. The van der Waals surface area contributed by atoms with Crippen molar-refractivity contribution in [2.75, 3.05) is 25.0 Å². The minimum absolute atomic E-state index is 0. The van der Waals surface area contributed by atoms with Crippen LogP contribution in [0.2, 0.25) is 0 Å². The number of furan rings is 1. The molecular weight excluding hydrogens is 517 g/mol. The molecule has 2 aliphatic rings. The summed E-state index contributed by atoms with van der Waals surface area (Å²) in [6.07, 6.45) is 8.15. The molecule has 2 fully saturated rings. The monoisotopic (exact) mass is 551 g/mol. The van der Waals surface area contributed by atoms with Crippen molar-refractivity contribution in [1.82, 2.24) is 15.5 Å². The van der Waals surface area contributed by atoms with E-state index in [2.05, 4.69) is 27.8 Å². The van der Waals surface area contributed by atoms with Gasteiger partial charge >= 0.3 is 0 Å². The first-order valence-electron chi connectivity index (χ1n) is 11.4. The summed E-state index contributed by atoms with van der Waals surface area (Å²) < 4.78 is 5.12. The lowest BCUT2D eigenvalue weighted by molar-refractivity contribution is 0.0996. The van der Waals surface area contributed by atoms with E-state index in [1.807, 2.05) is 24.3 Å². The van der Waals surface area contributed by atoms with Crippen LogP contribution in [0.1, 0.15) is 55.1 Å². The predicted molar refractivity (Wildman–Crippen MR) is 139 cm³/mol. The second-order valence-electron chi connectivity index (χ2n) is 8.39. The largest absolute Gasteiger partial charge is 0.459 e. The summed E-state index contributed by atoms with van der Waals surface area (Å²) in [7, 11) is 0. The second-order valence-corrected chi connectivity index (χ2v) is 8.39. The van der Waals surface area contributed by atoms with Crippen molar-refractivity contribution in [1.29, 1.82) is 0 Å². The molecule has 1 aliphatic carbocycles. The molecule has 32 heavy (non-hydrogen) atoms. The minimum atomic E-state index is -0.252. The SMILES string of the molecule is CCNC(=NCc1ccc(NC(=O)c2ccco2)cc1)NC1CCN(C2CCCC2)C1.I. The van der Waals surface area contributed by atoms with Gasteiger partial charge in [0.25, 0.3) is 5.91 Å². The lowest BCUT2D eigenvalue weighted by Gasteiger charge is -2.24. The van der Waals surface area contributed by atoms with Gasteiger partial charge in [0.2, 0.25) is 0 Å². The highest BCUT2D eigenvalue weighted by atomic mass is 127. The Morgan fingerprint density at radius 2 is 1.94 bits per heavy atom. The number of guanidine groups is 1. The Balaban J connectivity index is 0.00000289. The Kier molecular flexibility index (Phi) is 9.40. The number of rotatable bonds is 7. The highest BCUT2D eigenvalue weighted by Crippen LogP contribution is 2.26. The van der Waals surface area contributed by atoms with E-state index in [-0.39, 0.29) is 29.9 Å². The molecule has 3 N–H and O–H groups in total. The van der Waals surface area contributed by atoms with Crippen LogP contribution in [-0.2, 0) is 6.54 Å². The molecule has 2 aromatic rings. The average Bonchev–Trinajstić information content (AvgIpc) is 3.55. The Hall–Kier alpha value is -2.07. The van der Waals surface area contributed by atoms with Gasteiger partial charge in [0, 0.05) is 37.4 Å². The van der Waals surface area contributed by atoms with Gasteiger partial charge in [-0.1, -0.05) is 25.0 Å². The Bertz CT molecular complexity index is 863. The lowest BCUT2D eigenvalue weighted by atomic mass is 10.2. The van der Waals surface area contributed by atoms with Gasteiger partial charge in [-0.2, -0.15) is 0 Å². The number of nitrogens with one attached hydrogen (secondary N) is 3. The fourth-order valence-electron chi connectivity index (χ4n) is 4.48. The van der Waals surface area contributed by atoms with Crippen molar-refractivity contribution < 1.29 is 9.21 Å². The van der Waals surface area contributed by atoms with E-state index >= 15 is 0 Å². The van der Waals surface area contributed by atoms with Gasteiger partial charge in [-0.05, 0) is 56.0 Å². The van der Waals surface area contributed by atoms with Gasteiger partial charge in [-0.25, -0.2) is 4.99 Å². The van der Waals surface area contributed by atoms with Crippen LogP contribution in [0.4, 0.5) is 5.69 Å². The minimum Gasteiger partial charge on any atom is -0.459 e. The van der Waals surface area contributed by atoms with E-state index in [4.69, 9.17) is 9.41 Å². The van der Waals surface area contributed by atoms with Crippen LogP contribution in [-0.4, -0.2) is 48.5 Å². The summed E-state index contributed by atoms with van der Waals surface area (Å²) >= 11 is 0. The number of carbonyl (C=O) groups excluding carboxylic acids is 1. The van der Waals surface area contributed by atoms with Crippen LogP contribution >= 0.6 is 24.0 Å². The van der Waals surface area contributed by atoms with E-state index in [1.165, 1.54) is 44.9 Å². The standard InChI is InChI=1S/C24H33N5O2.HI/c1-2-25-24(28-20-13-14-29(17-20)21-6-3-4-7-21)26-16-18-9-11-19(12-10-18)27-23(30)22-8-5-15-31-22;/h5,8-12,15,20-21H,2-4,6-7,13-14,16-17H2,1H3,(H,27,30)(H2,25,26,28);1H. The first-order chi connectivity index (χ1) is 15.2. The fourth-order valence-corrected chi connectivity index (χ4v) is 4.48. The second kappa shape index (κ2) is 12.2. The van der Waals surface area contributed by atoms with Crippen LogP contribution < -0.4 is 16.0 Å². The third-order valence-corrected chi connectivity index (χ3v) is 6.12. The van der Waals surface area contributed by atoms with Crippen LogP contribution in [0.15, 0.2) is 52.1 Å². The number of anilines is 1. The molecule has 1 aliphatic heterocycles. The Labute approximate surface area is 207 Å². The number of halogens is 1. The first kappa shape index (κ1) is 24.6. The molecule has 1 atom stereocenters. The van der Waals surface area contributed by atoms with E-state index in [1.54, 1.807) is 12.1 Å². The van der Waals surface area contributed by atoms with Gasteiger partial charge < -0.3 is 20.4 Å². The fraction of sp³-hybridized carbons (Fsp3) is 0.500. The molecule has 1 amide bonds. The van der Waals surface area contributed by atoms with Crippen molar-refractivity contribution in [3.05, 3.63) is 54.0 Å². The first-order valence-corrected chi connectivity index (χ1v) is 11.4. The molecule has 7 nitrogen and oxygen atoms in total. The predicted octanol–water partition coefficient (Wildman–Crippen LogP) is 4.22. The zero-order valence-electron chi connectivity index (χ0n) is 18.7. The zero-order chi connectivity index (χ0) is 21.5. The molecule has 1 saturated heterocycles. The number of hydrogen-bond acceptors (Lipinski definition) is 4. The number of nitrogens with zero attached hydrogens (tertiary/aromatic N) is 2. The highest BCUT2D eigenvalue weighted by molar-refractivity contribution is 14.0. The maximum atomic E-state index is 12.1. The van der Waals surface area contributed by atoms with Crippen LogP contribution in [0, 0.1) is 0 Å². The number of amides is 1. The molecule has 8 heteroatoms. The van der Waals surface area contributed by atoms with E-state index in [0.29, 0.717) is 18.3 Å². The van der Waals surface area contributed by atoms with Gasteiger partial charge in [-0.15, -0.1) is 24.0 Å². The summed E-state index contributed by atoms with van der Waals surface area (Å²) in [4.78, 5) is 19.5. The van der Waals surface area contributed by atoms with Crippen molar-refractivity contribution in [3.63, 3.8) is 0 Å². The summed E-state index contributed by atoms with van der Waals surface area (Å²) in [5.74, 6) is 0.919. The molecule has 0 radical (unpaired) electrons. The Morgan fingerprint density at radius 1 is 1.16 bits per heavy atom. The molecule has 0 bridgehead atoms. The zero-order valence-corrected chi connectivity index (χ0v) is 21.0. The number of carbonyl (C=O) groups is 1. The van der Waals surface area contributed by atoms with Crippen LogP contribution in [0.25, 0.3) is 0 Å². The summed E-state index contributed by atoms with van der Waals surface area (Å²) in [5, 5.41) is 9.83. The van der Waals surface area contributed by atoms with Gasteiger partial charge in [0.05, 0.1) is 12.8 Å². The van der Waals surface area contributed by atoms with Gasteiger partial charge in [-0.3, -0.25) is 9.69 Å². The van der Waals surface area contributed by atoms with Crippen molar-refractivity contribution in [2.45, 2.75) is 57.7 Å². The van der Waals surface area contributed by atoms with E-state index < -0.39 is 0 Å². The van der Waals surface area contributed by atoms with Gasteiger partial charge in [0.1, 0.15) is 0 Å². The number of hydrogen-bond donors (Lipinski definition) is 3. The molecule has 2 heterocycles. The lowest BCUT2D eigenvalue weighted by Crippen LogP contribution is -2.45. The van der Waals surface area contributed by atoms with Crippen molar-refractivity contribution in [2.24, 2.45) is 4.99 Å². The summed E-state index contributed by atoms with van der Waals surface area (Å²) in [5.41, 5.74) is 1.82. The normalized spacial score (nSPS) is 19.5. The highest BCUT2D eigenvalue weighted by Gasteiger charge is 2.30. The van der Waals surface area contributed by atoms with Gasteiger partial charge in [0.15, 0.2) is 11.7 Å². The van der Waals surface area contributed by atoms with Crippen LogP contribution in [0.5, 0.6) is 0 Å². The quantitative estimate of drug-likeness (QED) is 0.273. The molecule has 4 rings (SSSR count). The molecule has 0 spiro atoms. The average molecular weight is 551 g/mol. The molecule has 174 valence electrons. The third-order valence-electron chi connectivity index (χ3n) is 6.12. The summed E-state index contributed by atoms with van der Waals surface area (Å²) in [6, 6.07) is 12.3. The number of likely N-dealkylation sites (tertiary alicyclic amines) is 1. The topological polar surface area (TPSA) is 81.9 Å². The smallest absolute Gasteiger partial charge is 0.291 e. The number of aliphatic imine (C=N–C) groups is 1. The van der Waals surface area contributed by atoms with Crippen molar-refractivity contribution >= 4 is 41.5 Å². The Morgan fingerprint density at radius 3 is 2.62 bits per heavy atom. The van der Waals surface area contributed by atoms with E-state index in [9.17, 15) is 4.79 Å². The van der Waals surface area contributed by atoms with Crippen LogP contribution in [0.3, 0.4) is 0 Å². The molecular formula is C24H34IN5O2. The number of benzene rings is 1. The third kappa shape index (κ3) is 6.71. The molecule has 1 saturated carbocycles.